The third-order valence-corrected chi connectivity index (χ3v) is 4.32. The molecule has 6 nitrogen and oxygen atoms in total. The van der Waals surface area contributed by atoms with Gasteiger partial charge in [-0.2, -0.15) is 4.99 Å². The van der Waals surface area contributed by atoms with Crippen LogP contribution in [0.2, 0.25) is 0 Å². The average Bonchev–Trinajstić information content (AvgIpc) is 2.92. The summed E-state index contributed by atoms with van der Waals surface area (Å²) in [6.45, 7) is 9.46. The molecule has 2 aliphatic heterocycles. The first-order chi connectivity index (χ1) is 10.4. The molecule has 0 fully saturated rings. The molecule has 2 aliphatic rings. The van der Waals surface area contributed by atoms with Crippen LogP contribution >= 0.6 is 0 Å². The van der Waals surface area contributed by atoms with E-state index in [2.05, 4.69) is 16.6 Å². The lowest BCUT2D eigenvalue weighted by molar-refractivity contribution is -0.126. The number of rotatable bonds is 4. The van der Waals surface area contributed by atoms with Crippen molar-refractivity contribution in [3.8, 4) is 5.75 Å². The highest BCUT2D eigenvalue weighted by Gasteiger charge is 2.56. The van der Waals surface area contributed by atoms with Gasteiger partial charge in [-0.05, 0) is 18.9 Å². The summed E-state index contributed by atoms with van der Waals surface area (Å²) in [5.41, 5.74) is -0.108. The molecule has 22 heavy (non-hydrogen) atoms. The van der Waals surface area contributed by atoms with Gasteiger partial charge in [-0.3, -0.25) is 14.5 Å². The van der Waals surface area contributed by atoms with Crippen molar-refractivity contribution in [2.24, 2.45) is 10.9 Å². The molecule has 0 N–H and O–H groups in total. The summed E-state index contributed by atoms with van der Waals surface area (Å²) in [5, 5.41) is 0. The van der Waals surface area contributed by atoms with Crippen molar-refractivity contribution in [1.82, 2.24) is 9.88 Å². The Morgan fingerprint density at radius 1 is 1.45 bits per heavy atom. The molecule has 0 spiro atoms. The molecule has 0 saturated carbocycles. The van der Waals surface area contributed by atoms with Gasteiger partial charge < -0.3 is 4.74 Å². The van der Waals surface area contributed by atoms with Crippen molar-refractivity contribution in [3.05, 3.63) is 36.2 Å². The fourth-order valence-corrected chi connectivity index (χ4v) is 2.69. The minimum atomic E-state index is -0.963. The molecule has 0 radical (unpaired) electrons. The molecule has 1 aromatic rings. The number of pyridine rings is 1. The van der Waals surface area contributed by atoms with E-state index >= 15 is 0 Å². The predicted octanol–water partition coefficient (Wildman–Crippen LogP) is 1.80. The summed E-state index contributed by atoms with van der Waals surface area (Å²) >= 11 is 0. The monoisotopic (exact) mass is 299 g/mol. The maximum atomic E-state index is 12.7. The number of hydrogen-bond acceptors (Lipinski definition) is 4. The van der Waals surface area contributed by atoms with Crippen molar-refractivity contribution >= 4 is 17.6 Å². The van der Waals surface area contributed by atoms with Gasteiger partial charge in [-0.1, -0.05) is 26.5 Å². The number of aromatic nitrogens is 1. The Morgan fingerprint density at radius 3 is 2.82 bits per heavy atom. The number of amides is 2. The largest absolute Gasteiger partial charge is 0.488 e. The van der Waals surface area contributed by atoms with Crippen LogP contribution in [0, 0.1) is 5.92 Å². The Morgan fingerprint density at radius 2 is 2.18 bits per heavy atom. The molecule has 0 bridgehead atoms. The lowest BCUT2D eigenvalue weighted by Crippen LogP contribution is -2.53. The predicted molar refractivity (Wildman–Crippen MR) is 80.9 cm³/mol. The first-order valence-electron chi connectivity index (χ1n) is 7.13. The Labute approximate surface area is 128 Å². The minimum Gasteiger partial charge on any atom is -0.488 e. The number of aliphatic imine (C=N–C) groups is 1. The molecule has 114 valence electrons. The maximum absolute atomic E-state index is 12.7. The van der Waals surface area contributed by atoms with Crippen LogP contribution in [0.1, 0.15) is 36.8 Å². The number of ether oxygens (including phenoxy) is 1. The highest BCUT2D eigenvalue weighted by atomic mass is 16.5. The van der Waals surface area contributed by atoms with E-state index in [4.69, 9.17) is 4.74 Å². The van der Waals surface area contributed by atoms with Crippen LogP contribution in [0.15, 0.2) is 29.9 Å². The molecule has 1 aromatic heterocycles. The van der Waals surface area contributed by atoms with Gasteiger partial charge >= 0.3 is 0 Å². The summed E-state index contributed by atoms with van der Waals surface area (Å²) in [7, 11) is 0. The molecule has 1 atom stereocenters. The first-order valence-corrected chi connectivity index (χ1v) is 7.13. The van der Waals surface area contributed by atoms with Crippen molar-refractivity contribution in [2.45, 2.75) is 26.3 Å². The van der Waals surface area contributed by atoms with Crippen molar-refractivity contribution in [3.63, 3.8) is 0 Å². The first kappa shape index (κ1) is 14.4. The van der Waals surface area contributed by atoms with E-state index in [1.54, 1.807) is 19.1 Å². The summed E-state index contributed by atoms with van der Waals surface area (Å²) in [6, 6.07) is 1.64. The molecule has 0 saturated heterocycles. The zero-order valence-electron chi connectivity index (χ0n) is 12.8. The smallest absolute Gasteiger partial charge is 0.274 e. The number of carbonyl (C=O) groups is 2. The van der Waals surface area contributed by atoms with Crippen LogP contribution in [-0.2, 0) is 4.79 Å². The van der Waals surface area contributed by atoms with Gasteiger partial charge in [0.1, 0.15) is 23.6 Å². The van der Waals surface area contributed by atoms with Gasteiger partial charge in [0, 0.05) is 0 Å². The Kier molecular flexibility index (Phi) is 3.12. The quantitative estimate of drug-likeness (QED) is 0.795. The van der Waals surface area contributed by atoms with E-state index in [0.29, 0.717) is 29.4 Å². The standard InChI is InChI=1S/C16H17N3O3/c1-5-6-22-10-7-11-12(17-8-10)13-18-15(21)16(4,9(2)3)19(13)14(11)20/h5,7-9H,1,6H2,2-4H3. The molecule has 3 rings (SSSR count). The molecular formula is C16H17N3O3. The van der Waals surface area contributed by atoms with Crippen LogP contribution in [0.3, 0.4) is 0 Å². The van der Waals surface area contributed by atoms with Gasteiger partial charge in [0.05, 0.1) is 11.8 Å². The lowest BCUT2D eigenvalue weighted by atomic mass is 9.87. The van der Waals surface area contributed by atoms with Gasteiger partial charge in [-0.15, -0.1) is 0 Å². The zero-order chi connectivity index (χ0) is 16.1. The van der Waals surface area contributed by atoms with Gasteiger partial charge in [-0.25, -0.2) is 4.98 Å². The van der Waals surface area contributed by atoms with Gasteiger partial charge in [0.2, 0.25) is 0 Å². The summed E-state index contributed by atoms with van der Waals surface area (Å²) < 4.78 is 5.41. The molecule has 3 heterocycles. The minimum absolute atomic E-state index is 0.0593. The Bertz CT molecular complexity index is 723. The van der Waals surface area contributed by atoms with Crippen molar-refractivity contribution in [1.29, 1.82) is 0 Å². The second-order valence-corrected chi connectivity index (χ2v) is 5.85. The zero-order valence-corrected chi connectivity index (χ0v) is 12.8. The summed E-state index contributed by atoms with van der Waals surface area (Å²) in [4.78, 5) is 34.8. The molecule has 0 aromatic carbocycles. The summed E-state index contributed by atoms with van der Waals surface area (Å²) in [6.07, 6.45) is 3.14. The van der Waals surface area contributed by atoms with Crippen LogP contribution in [0.25, 0.3) is 0 Å². The maximum Gasteiger partial charge on any atom is 0.274 e. The lowest BCUT2D eigenvalue weighted by Gasteiger charge is -2.34. The van der Waals surface area contributed by atoms with Gasteiger partial charge in [0.15, 0.2) is 5.84 Å². The SMILES string of the molecule is C=CCOc1cnc2c(c1)C(=O)N1C2=NC(=O)C1(C)C(C)C. The summed E-state index contributed by atoms with van der Waals surface area (Å²) in [5.74, 6) is 0.219. The molecule has 2 amide bonds. The Hall–Kier alpha value is -2.50. The van der Waals surface area contributed by atoms with E-state index in [1.165, 1.54) is 11.1 Å². The van der Waals surface area contributed by atoms with Crippen LogP contribution in [0.4, 0.5) is 0 Å². The van der Waals surface area contributed by atoms with E-state index in [0.717, 1.165) is 0 Å². The van der Waals surface area contributed by atoms with Crippen LogP contribution < -0.4 is 4.74 Å². The number of nitrogens with zero attached hydrogens (tertiary/aromatic N) is 3. The number of amidine groups is 1. The normalized spacial score (nSPS) is 22.7. The van der Waals surface area contributed by atoms with Gasteiger partial charge in [0.25, 0.3) is 11.8 Å². The topological polar surface area (TPSA) is 71.9 Å². The highest BCUT2D eigenvalue weighted by Crippen LogP contribution is 2.39. The Balaban J connectivity index is 2.07. The van der Waals surface area contributed by atoms with E-state index in [1.807, 2.05) is 13.8 Å². The fraction of sp³-hybridized carbons (Fsp3) is 0.375. The molecule has 0 aliphatic carbocycles. The van der Waals surface area contributed by atoms with E-state index in [9.17, 15) is 9.59 Å². The second-order valence-electron chi connectivity index (χ2n) is 5.85. The van der Waals surface area contributed by atoms with Crippen molar-refractivity contribution < 1.29 is 14.3 Å². The third-order valence-electron chi connectivity index (χ3n) is 4.32. The second kappa shape index (κ2) is 4.76. The molecular weight excluding hydrogens is 282 g/mol. The third kappa shape index (κ3) is 1.73. The van der Waals surface area contributed by atoms with E-state index < -0.39 is 5.54 Å². The number of hydrogen-bond donors (Lipinski definition) is 0. The highest BCUT2D eigenvalue weighted by molar-refractivity contribution is 6.29. The number of fused-ring (bicyclic) bond motifs is 3. The van der Waals surface area contributed by atoms with Crippen LogP contribution in [-0.4, -0.2) is 39.7 Å². The fourth-order valence-electron chi connectivity index (χ4n) is 2.69. The average molecular weight is 299 g/mol. The molecule has 1 unspecified atom stereocenters. The van der Waals surface area contributed by atoms with Crippen LogP contribution in [0.5, 0.6) is 5.75 Å². The molecule has 6 heteroatoms. The van der Waals surface area contributed by atoms with Crippen molar-refractivity contribution in [2.75, 3.05) is 6.61 Å². The number of carbonyl (C=O) groups excluding carboxylic acids is 2. The van der Waals surface area contributed by atoms with E-state index in [-0.39, 0.29) is 17.7 Å².